The number of rotatable bonds is 46. The molecular formula is C81H111N4O2S8-. The van der Waals surface area contributed by atoms with Crippen molar-refractivity contribution in [2.24, 2.45) is 11.8 Å². The summed E-state index contributed by atoms with van der Waals surface area (Å²) in [7, 11) is 0. The highest BCUT2D eigenvalue weighted by atomic mass is 32.1. The smallest absolute Gasteiger partial charge is 0.261 e. The van der Waals surface area contributed by atoms with Crippen LogP contribution in [-0.2, 0) is 16.0 Å². The van der Waals surface area contributed by atoms with Gasteiger partial charge in [-0.15, -0.1) is 87.6 Å². The molecule has 0 fully saturated rings. The summed E-state index contributed by atoms with van der Waals surface area (Å²) in [6.45, 7) is 21.1. The van der Waals surface area contributed by atoms with Gasteiger partial charge in [-0.25, -0.2) is 15.5 Å². The van der Waals surface area contributed by atoms with E-state index >= 15 is 9.59 Å². The lowest BCUT2D eigenvalue weighted by atomic mass is 9.93. The number of amides is 2. The van der Waals surface area contributed by atoms with E-state index in [9.17, 15) is 0 Å². The zero-order valence-electron chi connectivity index (χ0n) is 59.1. The number of thiophene rings is 4. The predicted molar refractivity (Wildman–Crippen MR) is 428 cm³/mol. The molecule has 8 heterocycles. The molecule has 6 aromatic heterocycles. The summed E-state index contributed by atoms with van der Waals surface area (Å²) in [5.41, 5.74) is 6.17. The molecule has 95 heavy (non-hydrogen) atoms. The van der Waals surface area contributed by atoms with E-state index in [4.69, 9.17) is 35.2 Å². The molecule has 0 N–H and O–H groups in total. The molecule has 516 valence electrons. The van der Waals surface area contributed by atoms with E-state index in [0.717, 1.165) is 107 Å². The SMILES string of the molecule is C[C-]=C(/C=C(\S)c1cnc(C2=C3C(=O)N(CC(CCCCCC)CCCCCCCC)C(c4ncc(-c5cc(CC)c(-c6ccc(-c7ccc(/C=C(/C=C(\S)c8ccc(C)s8)CCCCCC)s7)s6)s5)s4)=C3C(=O)N2CC(CCCCCC)CCCCCCCC)s1)CCC. The van der Waals surface area contributed by atoms with Gasteiger partial charge >= 0.3 is 0 Å². The van der Waals surface area contributed by atoms with Crippen molar-refractivity contribution >= 4 is 132 Å². The van der Waals surface area contributed by atoms with Crippen molar-refractivity contribution in [3.63, 3.8) is 0 Å². The molecule has 2 aliphatic rings. The van der Waals surface area contributed by atoms with Crippen molar-refractivity contribution in [1.82, 2.24) is 19.8 Å². The molecule has 0 aliphatic carbocycles. The van der Waals surface area contributed by atoms with Crippen LogP contribution in [0.2, 0.25) is 0 Å². The number of aryl methyl sites for hydroxylation is 2. The first-order valence-electron chi connectivity index (χ1n) is 36.9. The van der Waals surface area contributed by atoms with Gasteiger partial charge in [-0.1, -0.05) is 214 Å². The maximum absolute atomic E-state index is 16.2. The second-order valence-electron chi connectivity index (χ2n) is 26.6. The van der Waals surface area contributed by atoms with Gasteiger partial charge in [-0.05, 0) is 129 Å². The third-order valence-corrected chi connectivity index (χ3v) is 26.8. The molecule has 8 rings (SSSR count). The van der Waals surface area contributed by atoms with Crippen LogP contribution >= 0.6 is 93.3 Å². The van der Waals surface area contributed by atoms with Crippen LogP contribution in [0.3, 0.4) is 0 Å². The maximum atomic E-state index is 16.2. The van der Waals surface area contributed by atoms with Crippen molar-refractivity contribution < 1.29 is 9.59 Å². The van der Waals surface area contributed by atoms with Gasteiger partial charge in [0.1, 0.15) is 10.0 Å². The summed E-state index contributed by atoms with van der Waals surface area (Å²) in [5.74, 6) is 0.434. The number of thiazole rings is 2. The van der Waals surface area contributed by atoms with Crippen LogP contribution in [0.1, 0.15) is 290 Å². The molecule has 6 nitrogen and oxygen atoms in total. The second-order valence-corrected chi connectivity index (χ2v) is 34.2. The number of fused-ring (bicyclic) bond motifs is 1. The third kappa shape index (κ3) is 22.1. The minimum atomic E-state index is -0.0774. The molecule has 0 spiro atoms. The van der Waals surface area contributed by atoms with E-state index < -0.39 is 0 Å². The Hall–Kier alpha value is -3.86. The van der Waals surface area contributed by atoms with Crippen LogP contribution in [0.25, 0.3) is 56.5 Å². The Kier molecular flexibility index (Phi) is 33.2. The van der Waals surface area contributed by atoms with E-state index in [1.807, 2.05) is 63.1 Å². The summed E-state index contributed by atoms with van der Waals surface area (Å²) in [4.78, 5) is 60.9. The summed E-state index contributed by atoms with van der Waals surface area (Å²) in [6.07, 6.45) is 51.3. The van der Waals surface area contributed by atoms with Gasteiger partial charge in [0.2, 0.25) is 0 Å². The largest absolute Gasteiger partial charge is 0.304 e. The topological polar surface area (TPSA) is 66.4 Å². The Morgan fingerprint density at radius 3 is 1.55 bits per heavy atom. The van der Waals surface area contributed by atoms with Crippen molar-refractivity contribution in [3.05, 3.63) is 130 Å². The van der Waals surface area contributed by atoms with Crippen LogP contribution in [0.15, 0.2) is 89.3 Å². The fourth-order valence-electron chi connectivity index (χ4n) is 13.4. The van der Waals surface area contributed by atoms with E-state index in [1.165, 1.54) is 179 Å². The zero-order chi connectivity index (χ0) is 67.5. The Morgan fingerprint density at radius 2 is 1.00 bits per heavy atom. The highest BCUT2D eigenvalue weighted by Crippen LogP contribution is 2.52. The van der Waals surface area contributed by atoms with Crippen LogP contribution in [-0.4, -0.2) is 44.7 Å². The summed E-state index contributed by atoms with van der Waals surface area (Å²) >= 11 is 20.7. The van der Waals surface area contributed by atoms with E-state index in [0.29, 0.717) is 52.5 Å². The summed E-state index contributed by atoms with van der Waals surface area (Å²) in [6, 6.07) is 15.9. The minimum absolute atomic E-state index is 0.0774. The van der Waals surface area contributed by atoms with Gasteiger partial charge in [-0.2, -0.15) is 18.7 Å². The number of nitrogens with zero attached hydrogens (tertiary/aromatic N) is 4. The van der Waals surface area contributed by atoms with Gasteiger partial charge in [-0.3, -0.25) is 15.7 Å². The van der Waals surface area contributed by atoms with Crippen LogP contribution < -0.4 is 0 Å². The molecule has 6 aromatic rings. The monoisotopic (exact) mass is 1430 g/mol. The average Bonchev–Trinajstić information content (AvgIpc) is 1.55. The zero-order valence-corrected chi connectivity index (χ0v) is 65.8. The highest BCUT2D eigenvalue weighted by Gasteiger charge is 2.51. The molecule has 0 radical (unpaired) electrons. The lowest BCUT2D eigenvalue weighted by Crippen LogP contribution is -2.35. The van der Waals surface area contributed by atoms with Crippen LogP contribution in [0, 0.1) is 24.8 Å². The molecule has 2 amide bonds. The molecule has 2 atom stereocenters. The fourth-order valence-corrected chi connectivity index (χ4v) is 20.3. The number of allylic oxidation sites excluding steroid dienone is 5. The Labute approximate surface area is 609 Å². The fraction of sp³-hybridized carbons (Fsp3) is 0.556. The maximum Gasteiger partial charge on any atom is 0.261 e. The number of carbonyl (C=O) groups excluding carboxylic acids is 2. The molecule has 0 saturated heterocycles. The molecular weight excluding hydrogens is 1320 g/mol. The lowest BCUT2D eigenvalue weighted by molar-refractivity contribution is -0.124. The van der Waals surface area contributed by atoms with Gasteiger partial charge in [0.05, 0.1) is 27.4 Å². The van der Waals surface area contributed by atoms with Crippen molar-refractivity contribution in [2.45, 2.75) is 268 Å². The van der Waals surface area contributed by atoms with Gasteiger partial charge < -0.3 is 9.80 Å². The molecule has 2 aliphatic heterocycles. The Bertz CT molecular complexity index is 3550. The normalized spacial score (nSPS) is 14.9. The molecule has 0 aromatic carbocycles. The quantitative estimate of drug-likeness (QED) is 0.0173. The number of carbonyl (C=O) groups is 2. The van der Waals surface area contributed by atoms with E-state index in [-0.39, 0.29) is 11.8 Å². The first-order chi connectivity index (χ1) is 46.4. The summed E-state index contributed by atoms with van der Waals surface area (Å²) in [5, 5.41) is 1.45. The lowest BCUT2D eigenvalue weighted by Gasteiger charge is -2.29. The molecule has 2 unspecified atom stereocenters. The number of aromatic nitrogens is 2. The molecule has 14 heteroatoms. The third-order valence-electron chi connectivity index (χ3n) is 18.8. The minimum Gasteiger partial charge on any atom is -0.304 e. The number of unbranched alkanes of at least 4 members (excludes halogenated alkanes) is 19. The number of hydrogen-bond acceptors (Lipinski definition) is 12. The van der Waals surface area contributed by atoms with Crippen molar-refractivity contribution in [3.8, 4) is 29.3 Å². The van der Waals surface area contributed by atoms with Crippen molar-refractivity contribution in [1.29, 1.82) is 0 Å². The Morgan fingerprint density at radius 1 is 0.495 bits per heavy atom. The number of thiol groups is 2. The highest BCUT2D eigenvalue weighted by molar-refractivity contribution is 7.91. The first-order valence-corrected chi connectivity index (χ1v) is 42.7. The predicted octanol–water partition coefficient (Wildman–Crippen LogP) is 27.3. The Balaban J connectivity index is 1.19. The van der Waals surface area contributed by atoms with Crippen LogP contribution in [0.5, 0.6) is 0 Å². The van der Waals surface area contributed by atoms with Gasteiger partial charge in [0.25, 0.3) is 11.8 Å². The summed E-state index contributed by atoms with van der Waals surface area (Å²) < 4.78 is 0. The van der Waals surface area contributed by atoms with Crippen molar-refractivity contribution in [2.75, 3.05) is 13.1 Å². The van der Waals surface area contributed by atoms with Gasteiger partial charge in [0.15, 0.2) is 0 Å². The second kappa shape index (κ2) is 41.0. The van der Waals surface area contributed by atoms with Crippen LogP contribution in [0.4, 0.5) is 0 Å². The number of hydrogen-bond donors (Lipinski definition) is 2. The van der Waals surface area contributed by atoms with E-state index in [1.54, 1.807) is 34.0 Å². The standard InChI is InChI=1S/C81H111N4O2S8/c1-10-18-23-28-30-35-40-59(38-32-25-20-12-3)55-84-75(78-82-53-71(94-78)65(89)50-58(16-7)37-15-6)73-74(81(84)87)76(85(80(73)86)56-60(39-33-26-21-13-4)41-36-31-29-24-19-11-2)79-83-54-72(95-79)70-52-62(17-8)77(93-70)69-48-47-68(92-69)67-46-44-63(91-67)49-61(42-34-27-22-14-5)51-64(88)66-45-43-57(9)90-66/h43-54,59-60,88-89H,10-15,17-42,55-56H2,1-9H3/q-1/b61-49+,64-51-,65-50-. The average molecular weight is 1430 g/mol. The van der Waals surface area contributed by atoms with Gasteiger partial charge in [0, 0.05) is 74.3 Å². The van der Waals surface area contributed by atoms with E-state index in [2.05, 4.69) is 122 Å². The molecule has 0 bridgehead atoms. The first kappa shape index (κ1) is 76.9. The molecule has 0 saturated carbocycles.